The van der Waals surface area contributed by atoms with Gasteiger partial charge in [0, 0.05) is 6.07 Å². The topological polar surface area (TPSA) is 59.1 Å². The molecule has 4 rings (SSSR count). The molecule has 0 aromatic heterocycles. The maximum atomic E-state index is 13.5. The summed E-state index contributed by atoms with van der Waals surface area (Å²) in [5.74, 6) is 0.536. The number of benzene rings is 3. The molecular weight excluding hydrogens is 386 g/mol. The van der Waals surface area contributed by atoms with Crippen LogP contribution in [0.1, 0.15) is 11.1 Å². The molecule has 6 heteroatoms. The van der Waals surface area contributed by atoms with Gasteiger partial charge < -0.3 is 9.47 Å². The van der Waals surface area contributed by atoms with Crippen LogP contribution >= 0.6 is 0 Å². The first kappa shape index (κ1) is 19.5. The monoisotopic (exact) mass is 409 g/mol. The summed E-state index contributed by atoms with van der Waals surface area (Å²) in [5, 5.41) is 0. The second kappa shape index (κ2) is 8.27. The van der Waals surface area contributed by atoms with Crippen molar-refractivity contribution in [3.05, 3.63) is 90.0 Å². The lowest BCUT2D eigenvalue weighted by Crippen LogP contribution is -2.27. The van der Waals surface area contributed by atoms with Crippen LogP contribution in [-0.2, 0) is 20.5 Å². The lowest BCUT2D eigenvalue weighted by Gasteiger charge is -2.25. The van der Waals surface area contributed by atoms with Crippen LogP contribution in [0.25, 0.3) is 0 Å². The van der Waals surface area contributed by atoms with Gasteiger partial charge in [-0.3, -0.25) is 0 Å². The van der Waals surface area contributed by atoms with Crippen molar-refractivity contribution in [2.75, 3.05) is 17.5 Å². The Labute approximate surface area is 171 Å². The van der Waals surface area contributed by atoms with Crippen LogP contribution in [-0.4, -0.2) is 27.7 Å². The first-order valence-electron chi connectivity index (χ1n) is 9.49. The molecule has 0 bridgehead atoms. The van der Waals surface area contributed by atoms with Gasteiger partial charge in [-0.2, -0.15) is 0 Å². The third-order valence-electron chi connectivity index (χ3n) is 4.57. The second-order valence-corrected chi connectivity index (χ2v) is 8.93. The van der Waals surface area contributed by atoms with Gasteiger partial charge in [0.2, 0.25) is 10.0 Å². The lowest BCUT2D eigenvalue weighted by molar-refractivity contribution is 0.263. The molecule has 29 heavy (non-hydrogen) atoms. The van der Waals surface area contributed by atoms with Crippen LogP contribution in [0.5, 0.6) is 5.75 Å². The van der Waals surface area contributed by atoms with E-state index in [4.69, 9.17) is 9.47 Å². The van der Waals surface area contributed by atoms with Crippen molar-refractivity contribution in [3.63, 3.8) is 0 Å². The summed E-state index contributed by atoms with van der Waals surface area (Å²) in [5.41, 5.74) is 2.80. The highest BCUT2D eigenvalue weighted by atomic mass is 32.2. The number of aryl methyl sites for hydroxylation is 1. The fourth-order valence-corrected chi connectivity index (χ4v) is 4.78. The van der Waals surface area contributed by atoms with Crippen LogP contribution in [0, 0.1) is 6.92 Å². The number of hydrogen-bond donors (Lipinski definition) is 0. The summed E-state index contributed by atoms with van der Waals surface area (Å²) >= 11 is 0. The molecule has 1 aliphatic rings. The molecule has 1 saturated heterocycles. The van der Waals surface area contributed by atoms with Crippen LogP contribution in [0.3, 0.4) is 0 Å². The standard InChI is InChI=1S/C23H23NO4S/c1-18-12-21(14-22(13-18)27-15-23-16-28-23)24(20-10-6-3-7-11-20)29(25,26)17-19-8-4-2-5-9-19/h2-14,23H,15-17H2,1H3. The van der Waals surface area contributed by atoms with E-state index in [9.17, 15) is 8.42 Å². The van der Waals surface area contributed by atoms with E-state index in [2.05, 4.69) is 0 Å². The van der Waals surface area contributed by atoms with E-state index in [0.717, 1.165) is 11.1 Å². The second-order valence-electron chi connectivity index (χ2n) is 7.11. The van der Waals surface area contributed by atoms with E-state index in [-0.39, 0.29) is 11.9 Å². The van der Waals surface area contributed by atoms with Gasteiger partial charge in [0.1, 0.15) is 18.5 Å². The first-order valence-corrected chi connectivity index (χ1v) is 11.1. The van der Waals surface area contributed by atoms with Crippen molar-refractivity contribution in [3.8, 4) is 5.75 Å². The summed E-state index contributed by atoms with van der Waals surface area (Å²) in [4.78, 5) is 0. The quantitative estimate of drug-likeness (QED) is 0.516. The Morgan fingerprint density at radius 2 is 1.62 bits per heavy atom. The fraction of sp³-hybridized carbons (Fsp3) is 0.217. The smallest absolute Gasteiger partial charge is 0.243 e. The highest BCUT2D eigenvalue weighted by Gasteiger charge is 2.26. The third kappa shape index (κ3) is 4.96. The van der Waals surface area contributed by atoms with Gasteiger partial charge >= 0.3 is 0 Å². The van der Waals surface area contributed by atoms with Crippen LogP contribution in [0.4, 0.5) is 11.4 Å². The molecule has 0 amide bonds. The number of hydrogen-bond acceptors (Lipinski definition) is 4. The van der Waals surface area contributed by atoms with E-state index in [1.54, 1.807) is 18.2 Å². The Morgan fingerprint density at radius 3 is 2.28 bits per heavy atom. The minimum Gasteiger partial charge on any atom is -0.491 e. The van der Waals surface area contributed by atoms with Crippen LogP contribution < -0.4 is 9.04 Å². The lowest BCUT2D eigenvalue weighted by atomic mass is 10.2. The molecular formula is C23H23NO4S. The molecule has 0 aliphatic carbocycles. The summed E-state index contributed by atoms with van der Waals surface area (Å²) in [6, 6.07) is 23.8. The largest absolute Gasteiger partial charge is 0.491 e. The molecule has 5 nitrogen and oxygen atoms in total. The van der Waals surface area contributed by atoms with Gasteiger partial charge in [0.25, 0.3) is 0 Å². The van der Waals surface area contributed by atoms with Gasteiger partial charge in [0.05, 0.1) is 23.7 Å². The highest BCUT2D eigenvalue weighted by molar-refractivity contribution is 7.92. The van der Waals surface area contributed by atoms with E-state index < -0.39 is 10.0 Å². The predicted molar refractivity (Wildman–Crippen MR) is 114 cm³/mol. The van der Waals surface area contributed by atoms with Crippen molar-refractivity contribution in [1.82, 2.24) is 0 Å². The van der Waals surface area contributed by atoms with Crippen molar-refractivity contribution in [2.24, 2.45) is 0 Å². The summed E-state index contributed by atoms with van der Waals surface area (Å²) < 4.78 is 39.3. The Kier molecular flexibility index (Phi) is 5.56. The van der Waals surface area contributed by atoms with Crippen molar-refractivity contribution in [1.29, 1.82) is 0 Å². The Hall–Kier alpha value is -2.83. The minimum atomic E-state index is -3.68. The zero-order valence-corrected chi connectivity index (χ0v) is 17.0. The van der Waals surface area contributed by atoms with Crippen molar-refractivity contribution >= 4 is 21.4 Å². The zero-order valence-electron chi connectivity index (χ0n) is 16.2. The first-order chi connectivity index (χ1) is 14.0. The average molecular weight is 410 g/mol. The minimum absolute atomic E-state index is 0.0945. The highest BCUT2D eigenvalue weighted by Crippen LogP contribution is 2.34. The number of nitrogens with zero attached hydrogens (tertiary/aromatic N) is 1. The van der Waals surface area contributed by atoms with Crippen LogP contribution in [0.2, 0.25) is 0 Å². The maximum absolute atomic E-state index is 13.5. The molecule has 0 saturated carbocycles. The summed E-state index contributed by atoms with van der Waals surface area (Å²) in [7, 11) is -3.68. The normalized spacial score (nSPS) is 15.7. The van der Waals surface area contributed by atoms with Gasteiger partial charge in [-0.25, -0.2) is 12.7 Å². The van der Waals surface area contributed by atoms with E-state index >= 15 is 0 Å². The van der Waals surface area contributed by atoms with Crippen LogP contribution in [0.15, 0.2) is 78.9 Å². The van der Waals surface area contributed by atoms with E-state index in [1.165, 1.54) is 4.31 Å². The van der Waals surface area contributed by atoms with Gasteiger partial charge in [-0.1, -0.05) is 48.5 Å². The molecule has 1 atom stereocenters. The Balaban J connectivity index is 1.73. The molecule has 1 heterocycles. The predicted octanol–water partition coefficient (Wildman–Crippen LogP) is 4.44. The van der Waals surface area contributed by atoms with Gasteiger partial charge in [-0.05, 0) is 42.3 Å². The number of rotatable bonds is 8. The number of anilines is 2. The molecule has 0 spiro atoms. The third-order valence-corrected chi connectivity index (χ3v) is 6.25. The Bertz CT molecular complexity index is 1060. The van der Waals surface area contributed by atoms with Crippen molar-refractivity contribution < 1.29 is 17.9 Å². The molecule has 1 unspecified atom stereocenters. The fourth-order valence-electron chi connectivity index (χ4n) is 3.17. The maximum Gasteiger partial charge on any atom is 0.243 e. The molecule has 1 aliphatic heterocycles. The molecule has 0 radical (unpaired) electrons. The molecule has 0 N–H and O–H groups in total. The number of para-hydroxylation sites is 1. The zero-order chi connectivity index (χ0) is 20.3. The average Bonchev–Trinajstić information content (AvgIpc) is 3.52. The summed E-state index contributed by atoms with van der Waals surface area (Å²) in [6.45, 7) is 3.10. The number of sulfonamides is 1. The molecule has 3 aromatic carbocycles. The van der Waals surface area contributed by atoms with Gasteiger partial charge in [0.15, 0.2) is 0 Å². The van der Waals surface area contributed by atoms with E-state index in [1.807, 2.05) is 67.6 Å². The SMILES string of the molecule is Cc1cc(OCC2CO2)cc(N(c2ccccc2)S(=O)(=O)Cc2ccccc2)c1. The molecule has 1 fully saturated rings. The Morgan fingerprint density at radius 1 is 0.966 bits per heavy atom. The van der Waals surface area contributed by atoms with E-state index in [0.29, 0.717) is 30.3 Å². The van der Waals surface area contributed by atoms with Gasteiger partial charge in [-0.15, -0.1) is 0 Å². The summed E-state index contributed by atoms with van der Waals surface area (Å²) in [6.07, 6.45) is 0.131. The molecule has 3 aromatic rings. The van der Waals surface area contributed by atoms with Crippen molar-refractivity contribution in [2.45, 2.75) is 18.8 Å². The number of epoxide rings is 1. The molecule has 150 valence electrons. The number of ether oxygens (including phenoxy) is 2.